The molecule has 2 atom stereocenters. The summed E-state index contributed by atoms with van der Waals surface area (Å²) in [5.74, 6) is 2.59. The molecule has 6 heteroatoms. The summed E-state index contributed by atoms with van der Waals surface area (Å²) in [6.45, 7) is 4.24. The van der Waals surface area contributed by atoms with Gasteiger partial charge in [-0.3, -0.25) is 0 Å². The minimum atomic E-state index is -0.195. The maximum absolute atomic E-state index is 10.1. The monoisotopic (exact) mass is 439 g/mol. The van der Waals surface area contributed by atoms with Gasteiger partial charge in [0.1, 0.15) is 5.82 Å². The highest BCUT2D eigenvalue weighted by Gasteiger charge is 2.25. The van der Waals surface area contributed by atoms with Crippen LogP contribution in [-0.2, 0) is 12.8 Å². The summed E-state index contributed by atoms with van der Waals surface area (Å²) in [6, 6.07) is 4.48. The number of pyridine rings is 1. The van der Waals surface area contributed by atoms with Gasteiger partial charge in [-0.25, -0.2) is 4.98 Å². The first-order chi connectivity index (χ1) is 15.7. The summed E-state index contributed by atoms with van der Waals surface area (Å²) in [7, 11) is 1.72. The highest BCUT2D eigenvalue weighted by Crippen LogP contribution is 2.39. The van der Waals surface area contributed by atoms with E-state index in [4.69, 9.17) is 14.5 Å². The smallest absolute Gasteiger partial charge is 0.163 e. The molecule has 2 heterocycles. The molecule has 1 saturated heterocycles. The predicted octanol–water partition coefficient (Wildman–Crippen LogP) is 4.31. The third-order valence-corrected chi connectivity index (χ3v) is 7.41. The van der Waals surface area contributed by atoms with E-state index in [1.165, 1.54) is 42.4 Å². The molecule has 32 heavy (non-hydrogen) atoms. The van der Waals surface area contributed by atoms with Gasteiger partial charge in [-0.1, -0.05) is 0 Å². The van der Waals surface area contributed by atoms with Gasteiger partial charge in [0, 0.05) is 24.0 Å². The number of benzene rings is 1. The van der Waals surface area contributed by atoms with E-state index in [1.54, 1.807) is 7.11 Å². The molecule has 0 amide bonds. The van der Waals surface area contributed by atoms with Crippen LogP contribution in [0.3, 0.4) is 0 Å². The highest BCUT2D eigenvalue weighted by molar-refractivity contribution is 5.89. The van der Waals surface area contributed by atoms with Crippen LogP contribution in [0, 0.1) is 0 Å². The molecule has 2 aromatic rings. The number of fused-ring (bicyclic) bond motifs is 3. The molecule has 2 aliphatic carbocycles. The van der Waals surface area contributed by atoms with Gasteiger partial charge in [0.2, 0.25) is 0 Å². The van der Waals surface area contributed by atoms with E-state index in [2.05, 4.69) is 22.3 Å². The Balaban J connectivity index is 1.37. The number of nitrogens with zero attached hydrogens (tertiary/aromatic N) is 2. The summed E-state index contributed by atoms with van der Waals surface area (Å²) in [5, 5.41) is 15.0. The van der Waals surface area contributed by atoms with E-state index in [0.29, 0.717) is 12.6 Å². The summed E-state index contributed by atoms with van der Waals surface area (Å²) in [6.07, 6.45) is 10.7. The highest BCUT2D eigenvalue weighted by atomic mass is 16.5. The Kier molecular flexibility index (Phi) is 6.69. The molecule has 2 fully saturated rings. The lowest BCUT2D eigenvalue weighted by Gasteiger charge is -2.28. The van der Waals surface area contributed by atoms with Crippen molar-refractivity contribution in [3.8, 4) is 11.5 Å². The number of aliphatic hydroxyl groups excluding tert-OH is 1. The van der Waals surface area contributed by atoms with Crippen LogP contribution >= 0.6 is 0 Å². The number of hydrogen-bond donors (Lipinski definition) is 2. The van der Waals surface area contributed by atoms with E-state index >= 15 is 0 Å². The van der Waals surface area contributed by atoms with Crippen LogP contribution in [0.5, 0.6) is 11.5 Å². The second kappa shape index (κ2) is 9.84. The minimum absolute atomic E-state index is 0.195. The van der Waals surface area contributed by atoms with Gasteiger partial charge in [-0.05, 0) is 94.5 Å². The first-order valence-corrected chi connectivity index (χ1v) is 12.5. The van der Waals surface area contributed by atoms with Gasteiger partial charge in [-0.15, -0.1) is 0 Å². The lowest BCUT2D eigenvalue weighted by atomic mass is 9.93. The molecule has 5 rings (SSSR count). The molecule has 0 spiro atoms. The molecular weight excluding hydrogens is 402 g/mol. The van der Waals surface area contributed by atoms with Gasteiger partial charge < -0.3 is 24.8 Å². The molecule has 3 aliphatic rings. The van der Waals surface area contributed by atoms with Crippen LogP contribution in [0.15, 0.2) is 12.1 Å². The number of aliphatic hydroxyl groups is 1. The Labute approximate surface area is 191 Å². The first-order valence-electron chi connectivity index (χ1n) is 12.5. The third kappa shape index (κ3) is 4.67. The summed E-state index contributed by atoms with van der Waals surface area (Å²) in [5.41, 5.74) is 3.71. The number of nitrogens with one attached hydrogen (secondary N) is 1. The lowest BCUT2D eigenvalue weighted by molar-refractivity contribution is 0.124. The number of aryl methyl sites for hydroxylation is 1. The van der Waals surface area contributed by atoms with Crippen molar-refractivity contribution in [2.75, 3.05) is 38.7 Å². The van der Waals surface area contributed by atoms with Gasteiger partial charge in [0.05, 0.1) is 25.3 Å². The second-order valence-electron chi connectivity index (χ2n) is 9.70. The quantitative estimate of drug-likeness (QED) is 0.598. The summed E-state index contributed by atoms with van der Waals surface area (Å²) in [4.78, 5) is 7.58. The van der Waals surface area contributed by atoms with Crippen LogP contribution in [0.1, 0.15) is 62.5 Å². The zero-order valence-electron chi connectivity index (χ0n) is 19.4. The molecule has 1 aliphatic heterocycles. The topological polar surface area (TPSA) is 66.8 Å². The van der Waals surface area contributed by atoms with Crippen LogP contribution in [0.4, 0.5) is 5.82 Å². The Bertz CT molecular complexity index is 942. The van der Waals surface area contributed by atoms with E-state index in [9.17, 15) is 5.11 Å². The molecule has 6 nitrogen and oxygen atoms in total. The van der Waals surface area contributed by atoms with Crippen LogP contribution in [-0.4, -0.2) is 60.5 Å². The first kappa shape index (κ1) is 21.8. The number of methoxy groups -OCH3 is 1. The molecule has 1 saturated carbocycles. The van der Waals surface area contributed by atoms with Crippen molar-refractivity contribution in [3.05, 3.63) is 23.3 Å². The van der Waals surface area contributed by atoms with Crippen LogP contribution < -0.4 is 14.8 Å². The van der Waals surface area contributed by atoms with Crippen molar-refractivity contribution >= 4 is 16.7 Å². The standard InChI is InChI=1S/C26H37N3O3/c1-31-24-16-22-20-9-5-10-21(20)26(27-18-7-4-8-19(30)15-18)28-23(22)17-25(24)32-14-6-13-29-11-2-3-12-29/h16-19,30H,2-15H2,1H3,(H,27,28)/t18-,19-/m0/s1. The summed E-state index contributed by atoms with van der Waals surface area (Å²) >= 11 is 0. The maximum atomic E-state index is 10.1. The molecule has 0 unspecified atom stereocenters. The lowest BCUT2D eigenvalue weighted by Crippen LogP contribution is -2.30. The molecule has 2 N–H and O–H groups in total. The number of hydrogen-bond acceptors (Lipinski definition) is 6. The third-order valence-electron chi connectivity index (χ3n) is 7.41. The van der Waals surface area contributed by atoms with E-state index in [0.717, 1.165) is 80.7 Å². The Morgan fingerprint density at radius 2 is 1.91 bits per heavy atom. The van der Waals surface area contributed by atoms with Crippen molar-refractivity contribution in [1.82, 2.24) is 9.88 Å². The van der Waals surface area contributed by atoms with Crippen molar-refractivity contribution in [1.29, 1.82) is 0 Å². The van der Waals surface area contributed by atoms with Gasteiger partial charge in [0.25, 0.3) is 0 Å². The molecule has 174 valence electrons. The Hall–Kier alpha value is -2.05. The zero-order chi connectivity index (χ0) is 21.9. The van der Waals surface area contributed by atoms with Crippen LogP contribution in [0.25, 0.3) is 10.9 Å². The van der Waals surface area contributed by atoms with Gasteiger partial charge in [-0.2, -0.15) is 0 Å². The van der Waals surface area contributed by atoms with Crippen LogP contribution in [0.2, 0.25) is 0 Å². The maximum Gasteiger partial charge on any atom is 0.163 e. The average molecular weight is 440 g/mol. The predicted molar refractivity (Wildman–Crippen MR) is 128 cm³/mol. The van der Waals surface area contributed by atoms with Gasteiger partial charge >= 0.3 is 0 Å². The minimum Gasteiger partial charge on any atom is -0.493 e. The number of likely N-dealkylation sites (tertiary alicyclic amines) is 1. The zero-order valence-corrected chi connectivity index (χ0v) is 19.4. The Morgan fingerprint density at radius 3 is 2.72 bits per heavy atom. The molecule has 0 radical (unpaired) electrons. The number of ether oxygens (including phenoxy) is 2. The van der Waals surface area contributed by atoms with Crippen molar-refractivity contribution < 1.29 is 14.6 Å². The van der Waals surface area contributed by atoms with E-state index in [1.807, 2.05) is 0 Å². The fourth-order valence-corrected chi connectivity index (χ4v) is 5.73. The normalized spacial score (nSPS) is 23.4. The number of rotatable bonds is 8. The SMILES string of the molecule is COc1cc2c3c(c(N[C@H]4CCC[C@H](O)C4)nc2cc1OCCCN1CCCC1)CCC3. The number of anilines is 1. The molecule has 0 bridgehead atoms. The second-order valence-corrected chi connectivity index (χ2v) is 9.70. The largest absolute Gasteiger partial charge is 0.493 e. The van der Waals surface area contributed by atoms with E-state index in [-0.39, 0.29) is 6.10 Å². The van der Waals surface area contributed by atoms with Crippen molar-refractivity contribution in [3.63, 3.8) is 0 Å². The number of aromatic nitrogens is 1. The molecule has 1 aromatic heterocycles. The van der Waals surface area contributed by atoms with Crippen molar-refractivity contribution in [2.24, 2.45) is 0 Å². The van der Waals surface area contributed by atoms with Crippen molar-refractivity contribution in [2.45, 2.75) is 76.4 Å². The summed E-state index contributed by atoms with van der Waals surface area (Å²) < 4.78 is 11.9. The average Bonchev–Trinajstić information content (AvgIpc) is 3.49. The van der Waals surface area contributed by atoms with Gasteiger partial charge in [0.15, 0.2) is 11.5 Å². The molecular formula is C26H37N3O3. The Morgan fingerprint density at radius 1 is 1.06 bits per heavy atom. The molecule has 1 aromatic carbocycles. The fraction of sp³-hybridized carbons (Fsp3) is 0.654. The van der Waals surface area contributed by atoms with E-state index < -0.39 is 0 Å². The fourth-order valence-electron chi connectivity index (χ4n) is 5.73.